The van der Waals surface area contributed by atoms with Gasteiger partial charge in [-0.15, -0.1) is 0 Å². The normalized spacial score (nSPS) is 14.8. The molecule has 1 aliphatic rings. The number of rotatable bonds is 10. The van der Waals surface area contributed by atoms with Gasteiger partial charge in [0.2, 0.25) is 0 Å². The van der Waals surface area contributed by atoms with Gasteiger partial charge in [-0.3, -0.25) is 4.90 Å². The topological polar surface area (TPSA) is 66.1 Å². The number of nitrogens with zero attached hydrogens (tertiary/aromatic N) is 2. The summed E-state index contributed by atoms with van der Waals surface area (Å²) in [6.07, 6.45) is 0.947. The molecule has 0 bridgehead atoms. The van der Waals surface area contributed by atoms with Crippen molar-refractivity contribution in [2.75, 3.05) is 53.5 Å². The molecule has 2 amide bonds. The monoisotopic (exact) mass is 426 g/mol. The lowest BCUT2D eigenvalue weighted by Gasteiger charge is -2.34. The zero-order chi connectivity index (χ0) is 21.9. The fraction of sp³-hybridized carbons (Fsp3) is 0.458. The largest absolute Gasteiger partial charge is 0.493 e. The predicted octanol–water partition coefficient (Wildman–Crippen LogP) is 2.71. The first kappa shape index (κ1) is 22.9. The summed E-state index contributed by atoms with van der Waals surface area (Å²) in [6.45, 7) is 7.49. The van der Waals surface area contributed by atoms with Crippen LogP contribution in [0.25, 0.3) is 0 Å². The number of urea groups is 1. The van der Waals surface area contributed by atoms with Crippen molar-refractivity contribution in [3.05, 3.63) is 59.7 Å². The van der Waals surface area contributed by atoms with E-state index in [9.17, 15) is 4.79 Å². The van der Waals surface area contributed by atoms with E-state index in [-0.39, 0.29) is 6.03 Å². The Morgan fingerprint density at radius 3 is 2.29 bits per heavy atom. The number of ether oxygens (including phenoxy) is 2. The van der Waals surface area contributed by atoms with Crippen LogP contribution in [0.4, 0.5) is 4.79 Å². The Morgan fingerprint density at radius 1 is 0.871 bits per heavy atom. The van der Waals surface area contributed by atoms with Crippen molar-refractivity contribution in [2.45, 2.75) is 19.5 Å². The third-order valence-corrected chi connectivity index (χ3v) is 5.55. The molecule has 1 fully saturated rings. The number of hydrogen-bond acceptors (Lipinski definition) is 5. The third-order valence-electron chi connectivity index (χ3n) is 5.55. The number of nitrogens with one attached hydrogen (secondary N) is 2. The molecule has 0 aliphatic carbocycles. The molecular formula is C24H34N4O3. The van der Waals surface area contributed by atoms with Crippen LogP contribution in [0.5, 0.6) is 11.5 Å². The summed E-state index contributed by atoms with van der Waals surface area (Å²) in [6, 6.07) is 16.1. The van der Waals surface area contributed by atoms with E-state index in [0.29, 0.717) is 24.6 Å². The number of methoxy groups -OCH3 is 2. The summed E-state index contributed by atoms with van der Waals surface area (Å²) in [5.74, 6) is 1.34. The van der Waals surface area contributed by atoms with Crippen LogP contribution in [0.1, 0.15) is 17.5 Å². The van der Waals surface area contributed by atoms with E-state index in [4.69, 9.17) is 9.47 Å². The van der Waals surface area contributed by atoms with Gasteiger partial charge in [0.25, 0.3) is 0 Å². The standard InChI is InChI=1S/C24H34N4O3/c1-30-22-10-9-21(17-23(22)31-2)18-26-24(29)25-11-6-12-27-13-15-28(16-14-27)19-20-7-4-3-5-8-20/h3-5,7-10,17H,6,11-16,18-19H2,1-2H3,(H2,25,26,29). The van der Waals surface area contributed by atoms with E-state index in [1.54, 1.807) is 14.2 Å². The van der Waals surface area contributed by atoms with E-state index >= 15 is 0 Å². The average Bonchev–Trinajstić information content (AvgIpc) is 2.82. The third kappa shape index (κ3) is 7.45. The molecule has 2 N–H and O–H groups in total. The fourth-order valence-corrected chi connectivity index (χ4v) is 3.75. The number of amides is 2. The highest BCUT2D eigenvalue weighted by atomic mass is 16.5. The predicted molar refractivity (Wildman–Crippen MR) is 123 cm³/mol. The van der Waals surface area contributed by atoms with Crippen molar-refractivity contribution in [3.8, 4) is 11.5 Å². The van der Waals surface area contributed by atoms with Crippen LogP contribution in [0.3, 0.4) is 0 Å². The van der Waals surface area contributed by atoms with Crippen molar-refractivity contribution in [1.82, 2.24) is 20.4 Å². The molecule has 7 nitrogen and oxygen atoms in total. The second-order valence-corrected chi connectivity index (χ2v) is 7.76. The van der Waals surface area contributed by atoms with Crippen LogP contribution < -0.4 is 20.1 Å². The number of carbonyl (C=O) groups is 1. The minimum absolute atomic E-state index is 0.150. The molecule has 3 rings (SSSR count). The first-order valence-corrected chi connectivity index (χ1v) is 10.9. The minimum Gasteiger partial charge on any atom is -0.493 e. The van der Waals surface area contributed by atoms with Crippen LogP contribution in [0.2, 0.25) is 0 Å². The summed E-state index contributed by atoms with van der Waals surface area (Å²) in [4.78, 5) is 17.0. The highest BCUT2D eigenvalue weighted by molar-refractivity contribution is 5.73. The molecule has 168 valence electrons. The van der Waals surface area contributed by atoms with Crippen molar-refractivity contribution in [3.63, 3.8) is 0 Å². The Labute approximate surface area is 185 Å². The molecule has 0 spiro atoms. The first-order valence-electron chi connectivity index (χ1n) is 10.9. The lowest BCUT2D eigenvalue weighted by Crippen LogP contribution is -2.46. The zero-order valence-electron chi connectivity index (χ0n) is 18.6. The molecule has 1 saturated heterocycles. The number of hydrogen-bond donors (Lipinski definition) is 2. The van der Waals surface area contributed by atoms with Crippen molar-refractivity contribution >= 4 is 6.03 Å². The fourth-order valence-electron chi connectivity index (χ4n) is 3.75. The Balaban J connectivity index is 1.27. The van der Waals surface area contributed by atoms with Gasteiger partial charge in [-0.1, -0.05) is 36.4 Å². The molecule has 0 radical (unpaired) electrons. The van der Waals surface area contributed by atoms with Gasteiger partial charge < -0.3 is 25.0 Å². The van der Waals surface area contributed by atoms with Gasteiger partial charge in [0.15, 0.2) is 11.5 Å². The van der Waals surface area contributed by atoms with Crippen LogP contribution >= 0.6 is 0 Å². The van der Waals surface area contributed by atoms with E-state index in [2.05, 4.69) is 50.8 Å². The minimum atomic E-state index is -0.150. The molecule has 0 saturated carbocycles. The molecule has 2 aromatic rings. The molecule has 31 heavy (non-hydrogen) atoms. The SMILES string of the molecule is COc1ccc(CNC(=O)NCCCN2CCN(Cc3ccccc3)CC2)cc1OC. The summed E-state index contributed by atoms with van der Waals surface area (Å²) >= 11 is 0. The Hall–Kier alpha value is -2.77. The van der Waals surface area contributed by atoms with Crippen LogP contribution in [-0.2, 0) is 13.1 Å². The highest BCUT2D eigenvalue weighted by Gasteiger charge is 2.16. The summed E-state index contributed by atoms with van der Waals surface area (Å²) in [5, 5.41) is 5.83. The number of piperazine rings is 1. The second-order valence-electron chi connectivity index (χ2n) is 7.76. The van der Waals surface area contributed by atoms with Crippen molar-refractivity contribution in [2.24, 2.45) is 0 Å². The zero-order valence-corrected chi connectivity index (χ0v) is 18.6. The molecule has 0 atom stereocenters. The van der Waals surface area contributed by atoms with Crippen molar-refractivity contribution < 1.29 is 14.3 Å². The molecule has 7 heteroatoms. The lowest BCUT2D eigenvalue weighted by atomic mass is 10.2. The number of carbonyl (C=O) groups excluding carboxylic acids is 1. The summed E-state index contributed by atoms with van der Waals surface area (Å²) in [7, 11) is 3.21. The maximum Gasteiger partial charge on any atom is 0.315 e. The first-order chi connectivity index (χ1) is 15.2. The van der Waals surface area contributed by atoms with Gasteiger partial charge >= 0.3 is 6.03 Å². The number of benzene rings is 2. The van der Waals surface area contributed by atoms with Gasteiger partial charge in [-0.2, -0.15) is 0 Å². The second kappa shape index (κ2) is 12.2. The van der Waals surface area contributed by atoms with Crippen LogP contribution in [0.15, 0.2) is 48.5 Å². The van der Waals surface area contributed by atoms with E-state index < -0.39 is 0 Å². The van der Waals surface area contributed by atoms with Gasteiger partial charge in [0.05, 0.1) is 14.2 Å². The maximum absolute atomic E-state index is 12.1. The summed E-state index contributed by atoms with van der Waals surface area (Å²) < 4.78 is 10.5. The molecule has 0 aromatic heterocycles. The van der Waals surface area contributed by atoms with Gasteiger partial charge in [0.1, 0.15) is 0 Å². The lowest BCUT2D eigenvalue weighted by molar-refractivity contribution is 0.126. The Morgan fingerprint density at radius 2 is 1.58 bits per heavy atom. The molecule has 1 aliphatic heterocycles. The smallest absolute Gasteiger partial charge is 0.315 e. The quantitative estimate of drug-likeness (QED) is 0.572. The molecule has 2 aromatic carbocycles. The summed E-state index contributed by atoms with van der Waals surface area (Å²) in [5.41, 5.74) is 2.33. The van der Waals surface area contributed by atoms with E-state index in [1.807, 2.05) is 18.2 Å². The van der Waals surface area contributed by atoms with Gasteiger partial charge in [-0.05, 0) is 36.2 Å². The highest BCUT2D eigenvalue weighted by Crippen LogP contribution is 2.27. The molecule has 0 unspecified atom stereocenters. The van der Waals surface area contributed by atoms with Gasteiger partial charge in [0, 0.05) is 45.8 Å². The molecule has 1 heterocycles. The van der Waals surface area contributed by atoms with Crippen LogP contribution in [0, 0.1) is 0 Å². The van der Waals surface area contributed by atoms with Crippen molar-refractivity contribution in [1.29, 1.82) is 0 Å². The average molecular weight is 427 g/mol. The maximum atomic E-state index is 12.1. The van der Waals surface area contributed by atoms with Crippen LogP contribution in [-0.4, -0.2) is 69.3 Å². The van der Waals surface area contributed by atoms with Gasteiger partial charge in [-0.25, -0.2) is 4.79 Å². The van der Waals surface area contributed by atoms with E-state index in [1.165, 1.54) is 5.56 Å². The Kier molecular flexibility index (Phi) is 8.99. The van der Waals surface area contributed by atoms with E-state index in [0.717, 1.165) is 51.3 Å². The Bertz CT molecular complexity index is 808. The molecular weight excluding hydrogens is 392 g/mol.